The van der Waals surface area contributed by atoms with Crippen molar-refractivity contribution in [1.82, 2.24) is 10.2 Å². The summed E-state index contributed by atoms with van der Waals surface area (Å²) in [4.78, 5) is 1.82. The number of ether oxygens (including phenoxy) is 1. The highest BCUT2D eigenvalue weighted by molar-refractivity contribution is 8.04. The minimum atomic E-state index is 0.315. The number of rotatable bonds is 2. The zero-order chi connectivity index (χ0) is 10.7. The van der Waals surface area contributed by atoms with Crippen LogP contribution in [0, 0.1) is 0 Å². The molecule has 6 heteroatoms. The highest BCUT2D eigenvalue weighted by Gasteiger charge is 2.12. The van der Waals surface area contributed by atoms with Gasteiger partial charge in [-0.2, -0.15) is 0 Å². The average molecular weight is 242 g/mol. The molecule has 0 fully saturated rings. The molecule has 1 aliphatic heterocycles. The molecule has 0 unspecified atom stereocenters. The van der Waals surface area contributed by atoms with Crippen LogP contribution in [0.5, 0.6) is 5.75 Å². The van der Waals surface area contributed by atoms with Crippen LogP contribution < -0.4 is 9.64 Å². The topological polar surface area (TPSA) is 38.3 Å². The zero-order valence-corrected chi connectivity index (χ0v) is 9.50. The molecule has 0 radical (unpaired) electrons. The molecule has 0 aliphatic carbocycles. The second-order valence-corrected chi connectivity index (χ2v) is 3.88. The Morgan fingerprint density at radius 2 is 2.07 bits per heavy atom. The first kappa shape index (κ1) is 10.3. The number of anilines is 1. The van der Waals surface area contributed by atoms with Gasteiger partial charge in [0.05, 0.1) is 7.11 Å². The van der Waals surface area contributed by atoms with E-state index in [1.807, 2.05) is 28.1 Å². The van der Waals surface area contributed by atoms with Gasteiger partial charge in [-0.15, -0.1) is 22.0 Å². The van der Waals surface area contributed by atoms with Crippen molar-refractivity contribution in [3.05, 3.63) is 34.4 Å². The minimum absolute atomic E-state index is 0.315. The predicted molar refractivity (Wildman–Crippen MR) is 61.9 cm³/mol. The highest BCUT2D eigenvalue weighted by atomic mass is 35.5. The monoisotopic (exact) mass is 241 g/mol. The second-order valence-electron chi connectivity index (χ2n) is 2.67. The summed E-state index contributed by atoms with van der Waals surface area (Å²) in [5, 5.41) is 12.0. The molecular formula is C9H8ClN3OS. The summed E-state index contributed by atoms with van der Waals surface area (Å²) in [7, 11) is 1.57. The summed E-state index contributed by atoms with van der Waals surface area (Å²) in [5.41, 5.74) is 0. The van der Waals surface area contributed by atoms with Crippen molar-refractivity contribution in [2.24, 2.45) is 0 Å². The van der Waals surface area contributed by atoms with E-state index < -0.39 is 0 Å². The van der Waals surface area contributed by atoms with Crippen LogP contribution in [-0.4, -0.2) is 17.3 Å². The fourth-order valence-corrected chi connectivity index (χ4v) is 1.74. The third-order valence-electron chi connectivity index (χ3n) is 1.78. The van der Waals surface area contributed by atoms with Gasteiger partial charge in [-0.1, -0.05) is 11.6 Å². The summed E-state index contributed by atoms with van der Waals surface area (Å²) >= 11 is 7.31. The zero-order valence-electron chi connectivity index (χ0n) is 7.92. The summed E-state index contributed by atoms with van der Waals surface area (Å²) in [5.74, 6) is 1.21. The van der Waals surface area contributed by atoms with Crippen LogP contribution in [0.15, 0.2) is 29.3 Å². The van der Waals surface area contributed by atoms with E-state index in [4.69, 9.17) is 16.3 Å². The van der Waals surface area contributed by atoms with Crippen molar-refractivity contribution in [3.8, 4) is 5.75 Å². The Labute approximate surface area is 96.6 Å². The van der Waals surface area contributed by atoms with Crippen LogP contribution in [0.25, 0.3) is 0 Å². The van der Waals surface area contributed by atoms with E-state index in [0.29, 0.717) is 16.7 Å². The van der Waals surface area contributed by atoms with Crippen LogP contribution in [0.3, 0.4) is 0 Å². The first-order valence-electron chi connectivity index (χ1n) is 4.15. The molecule has 4 nitrogen and oxygen atoms in total. The molecule has 0 saturated heterocycles. The predicted octanol–water partition coefficient (Wildman–Crippen LogP) is 2.63. The van der Waals surface area contributed by atoms with Crippen LogP contribution >= 0.6 is 23.4 Å². The number of halogens is 1. The van der Waals surface area contributed by atoms with E-state index in [2.05, 4.69) is 10.2 Å². The Kier molecular flexibility index (Phi) is 3.13. The lowest BCUT2D eigenvalue weighted by Crippen LogP contribution is -2.12. The standard InChI is InChI=1S/C9H8ClN3OS/c1-14-7-6-8(10)11-12-9(7)13-2-4-15-5-3-13/h2-6H,1H3. The van der Waals surface area contributed by atoms with Crippen LogP contribution in [0.4, 0.5) is 5.82 Å². The van der Waals surface area contributed by atoms with Crippen LogP contribution in [-0.2, 0) is 0 Å². The van der Waals surface area contributed by atoms with E-state index in [1.165, 1.54) is 0 Å². The van der Waals surface area contributed by atoms with Crippen LogP contribution in [0.2, 0.25) is 5.15 Å². The summed E-state index contributed by atoms with van der Waals surface area (Å²) in [6, 6.07) is 1.63. The SMILES string of the molecule is COc1cc(Cl)nnc1N1C=CSC=C1. The van der Waals surface area contributed by atoms with Gasteiger partial charge in [-0.05, 0) is 10.8 Å². The van der Waals surface area contributed by atoms with Crippen LogP contribution in [0.1, 0.15) is 0 Å². The average Bonchev–Trinajstić information content (AvgIpc) is 2.30. The molecular weight excluding hydrogens is 234 g/mol. The van der Waals surface area contributed by atoms with Gasteiger partial charge >= 0.3 is 0 Å². The molecule has 2 rings (SSSR count). The highest BCUT2D eigenvalue weighted by Crippen LogP contribution is 2.29. The van der Waals surface area contributed by atoms with Gasteiger partial charge in [0, 0.05) is 18.5 Å². The van der Waals surface area contributed by atoms with E-state index in [0.717, 1.165) is 0 Å². The number of methoxy groups -OCH3 is 1. The number of hydrogen-bond donors (Lipinski definition) is 0. The van der Waals surface area contributed by atoms with Crippen molar-refractivity contribution >= 4 is 29.2 Å². The Morgan fingerprint density at radius 3 is 2.73 bits per heavy atom. The van der Waals surface area contributed by atoms with E-state index in [9.17, 15) is 0 Å². The summed E-state index contributed by atoms with van der Waals surface area (Å²) in [6.07, 6.45) is 3.76. The Hall–Kier alpha value is -1.20. The second kappa shape index (κ2) is 4.55. The van der Waals surface area contributed by atoms with Crippen molar-refractivity contribution < 1.29 is 4.74 Å². The summed E-state index contributed by atoms with van der Waals surface area (Å²) < 4.78 is 5.18. The molecule has 0 aromatic carbocycles. The number of aromatic nitrogens is 2. The molecule has 0 bridgehead atoms. The van der Waals surface area contributed by atoms with Crippen molar-refractivity contribution in [2.45, 2.75) is 0 Å². The van der Waals surface area contributed by atoms with E-state index >= 15 is 0 Å². The fourth-order valence-electron chi connectivity index (χ4n) is 1.11. The molecule has 0 N–H and O–H groups in total. The lowest BCUT2D eigenvalue weighted by Gasteiger charge is -2.18. The molecule has 1 aromatic rings. The first-order valence-corrected chi connectivity index (χ1v) is 5.47. The van der Waals surface area contributed by atoms with Gasteiger partial charge in [0.1, 0.15) is 0 Å². The first-order chi connectivity index (χ1) is 7.31. The summed E-state index contributed by atoms with van der Waals surface area (Å²) in [6.45, 7) is 0. The van der Waals surface area contributed by atoms with E-state index in [1.54, 1.807) is 24.9 Å². The van der Waals surface area contributed by atoms with Gasteiger partial charge < -0.3 is 9.64 Å². The smallest absolute Gasteiger partial charge is 0.201 e. The lowest BCUT2D eigenvalue weighted by atomic mass is 10.4. The van der Waals surface area contributed by atoms with Gasteiger partial charge in [0.15, 0.2) is 10.9 Å². The van der Waals surface area contributed by atoms with Gasteiger partial charge in [0.2, 0.25) is 5.82 Å². The third kappa shape index (κ3) is 2.24. The quantitative estimate of drug-likeness (QED) is 0.796. The molecule has 0 atom stereocenters. The largest absolute Gasteiger partial charge is 0.493 e. The maximum atomic E-state index is 5.72. The molecule has 0 amide bonds. The number of thioether (sulfide) groups is 1. The van der Waals surface area contributed by atoms with E-state index in [-0.39, 0.29) is 0 Å². The maximum absolute atomic E-state index is 5.72. The number of hydrogen-bond acceptors (Lipinski definition) is 5. The van der Waals surface area contributed by atoms with Gasteiger partial charge in [-0.3, -0.25) is 0 Å². The Morgan fingerprint density at radius 1 is 1.33 bits per heavy atom. The lowest BCUT2D eigenvalue weighted by molar-refractivity contribution is 0.413. The van der Waals surface area contributed by atoms with Crippen molar-refractivity contribution in [3.63, 3.8) is 0 Å². The fraction of sp³-hybridized carbons (Fsp3) is 0.111. The van der Waals surface area contributed by atoms with Crippen molar-refractivity contribution in [1.29, 1.82) is 0 Å². The minimum Gasteiger partial charge on any atom is -0.493 e. The molecule has 1 aliphatic rings. The molecule has 2 heterocycles. The van der Waals surface area contributed by atoms with Gasteiger partial charge in [-0.25, -0.2) is 0 Å². The maximum Gasteiger partial charge on any atom is 0.201 e. The molecule has 78 valence electrons. The van der Waals surface area contributed by atoms with Crippen molar-refractivity contribution in [2.75, 3.05) is 12.0 Å². The van der Waals surface area contributed by atoms with Gasteiger partial charge in [0.25, 0.3) is 0 Å². The molecule has 15 heavy (non-hydrogen) atoms. The molecule has 0 spiro atoms. The Balaban J connectivity index is 2.38. The third-order valence-corrected chi connectivity index (χ3v) is 2.52. The molecule has 1 aromatic heterocycles. The Bertz CT molecular complexity index is 410. The normalized spacial score (nSPS) is 14.4. The molecule has 0 saturated carbocycles. The number of nitrogens with zero attached hydrogens (tertiary/aromatic N) is 3.